The largest absolute Gasteiger partial charge is 0.453 e. The summed E-state index contributed by atoms with van der Waals surface area (Å²) >= 11 is 0. The lowest BCUT2D eigenvalue weighted by atomic mass is 10.00. The summed E-state index contributed by atoms with van der Waals surface area (Å²) in [5.74, 6) is 0. The van der Waals surface area contributed by atoms with Crippen LogP contribution in [0.2, 0.25) is 0 Å². The molecule has 2 rings (SSSR count). The molecule has 2 aliphatic rings. The molecule has 0 saturated carbocycles. The first kappa shape index (κ1) is 8.56. The number of amides is 1. The van der Waals surface area contributed by atoms with Crippen LogP contribution in [0.25, 0.3) is 0 Å². The molecule has 0 aromatic rings. The van der Waals surface area contributed by atoms with E-state index in [4.69, 9.17) is 0 Å². The van der Waals surface area contributed by atoms with Gasteiger partial charge in [-0.2, -0.15) is 0 Å². The van der Waals surface area contributed by atoms with Gasteiger partial charge in [0.05, 0.1) is 25.3 Å². The van der Waals surface area contributed by atoms with Crippen molar-refractivity contribution in [1.29, 1.82) is 0 Å². The summed E-state index contributed by atoms with van der Waals surface area (Å²) in [7, 11) is 1.38. The lowest BCUT2D eigenvalue weighted by molar-refractivity contribution is 0.0384. The molecule has 0 radical (unpaired) electrons. The van der Waals surface area contributed by atoms with Crippen LogP contribution in [0.1, 0.15) is 12.8 Å². The van der Waals surface area contributed by atoms with E-state index in [0.29, 0.717) is 12.8 Å². The van der Waals surface area contributed by atoms with Crippen molar-refractivity contribution in [3.05, 3.63) is 12.2 Å². The molecular weight excluding hydrogens is 170 g/mol. The highest BCUT2D eigenvalue weighted by Crippen LogP contribution is 2.30. The number of methoxy groups -OCH3 is 1. The highest BCUT2D eigenvalue weighted by atomic mass is 16.5. The SMILES string of the molecule is COC(=O)N1C2C=C[C@H]1CC(O)C2. The van der Waals surface area contributed by atoms with Crippen molar-refractivity contribution in [3.63, 3.8) is 0 Å². The summed E-state index contributed by atoms with van der Waals surface area (Å²) in [5.41, 5.74) is 0. The number of aliphatic hydroxyl groups excluding tert-OH is 1. The first-order chi connectivity index (χ1) is 6.22. The number of fused-ring (bicyclic) bond motifs is 2. The highest BCUT2D eigenvalue weighted by molar-refractivity contribution is 5.70. The number of aliphatic hydroxyl groups is 1. The number of hydrogen-bond donors (Lipinski definition) is 1. The van der Waals surface area contributed by atoms with Crippen molar-refractivity contribution >= 4 is 6.09 Å². The minimum absolute atomic E-state index is 0.0289. The van der Waals surface area contributed by atoms with E-state index in [1.807, 2.05) is 12.2 Å². The molecule has 1 amide bonds. The fraction of sp³-hybridized carbons (Fsp3) is 0.667. The van der Waals surface area contributed by atoms with E-state index in [1.165, 1.54) is 7.11 Å². The van der Waals surface area contributed by atoms with Gasteiger partial charge in [0.2, 0.25) is 0 Å². The second-order valence-electron chi connectivity index (χ2n) is 3.52. The average molecular weight is 183 g/mol. The fourth-order valence-electron chi connectivity index (χ4n) is 2.10. The lowest BCUT2D eigenvalue weighted by Crippen LogP contribution is -2.48. The predicted octanol–water partition coefficient (Wildman–Crippen LogP) is 0.516. The molecule has 0 aliphatic carbocycles. The van der Waals surface area contributed by atoms with Crippen LogP contribution < -0.4 is 0 Å². The van der Waals surface area contributed by atoms with Crippen molar-refractivity contribution in [2.24, 2.45) is 0 Å². The van der Waals surface area contributed by atoms with E-state index in [9.17, 15) is 9.90 Å². The van der Waals surface area contributed by atoms with E-state index in [-0.39, 0.29) is 24.3 Å². The molecule has 4 nitrogen and oxygen atoms in total. The molecule has 13 heavy (non-hydrogen) atoms. The number of piperidine rings is 1. The molecular formula is C9H13NO3. The number of carbonyl (C=O) groups excluding carboxylic acids is 1. The van der Waals surface area contributed by atoms with Crippen molar-refractivity contribution in [3.8, 4) is 0 Å². The third-order valence-corrected chi connectivity index (χ3v) is 2.68. The zero-order chi connectivity index (χ0) is 9.42. The molecule has 0 aromatic carbocycles. The summed E-state index contributed by atoms with van der Waals surface area (Å²) in [6.45, 7) is 0. The molecule has 2 bridgehead atoms. The zero-order valence-corrected chi connectivity index (χ0v) is 7.51. The van der Waals surface area contributed by atoms with Crippen LogP contribution in [-0.4, -0.2) is 41.4 Å². The molecule has 4 heteroatoms. The summed E-state index contributed by atoms with van der Waals surface area (Å²) in [6.07, 6.45) is 4.61. The second kappa shape index (κ2) is 3.03. The van der Waals surface area contributed by atoms with E-state index in [1.54, 1.807) is 4.90 Å². The van der Waals surface area contributed by atoms with Crippen molar-refractivity contribution in [2.45, 2.75) is 31.0 Å². The van der Waals surface area contributed by atoms with Crippen LogP contribution in [0.5, 0.6) is 0 Å². The fourth-order valence-corrected chi connectivity index (χ4v) is 2.10. The molecule has 2 heterocycles. The Hall–Kier alpha value is -1.03. The molecule has 1 N–H and O–H groups in total. The maximum absolute atomic E-state index is 11.3. The Morgan fingerprint density at radius 2 is 2.00 bits per heavy atom. The topological polar surface area (TPSA) is 49.8 Å². The lowest BCUT2D eigenvalue weighted by Gasteiger charge is -2.35. The Morgan fingerprint density at radius 1 is 1.46 bits per heavy atom. The molecule has 2 unspecified atom stereocenters. The van der Waals surface area contributed by atoms with Gasteiger partial charge in [0, 0.05) is 0 Å². The van der Waals surface area contributed by atoms with Gasteiger partial charge in [-0.3, -0.25) is 4.90 Å². The van der Waals surface area contributed by atoms with Crippen LogP contribution in [-0.2, 0) is 4.74 Å². The number of ether oxygens (including phenoxy) is 1. The second-order valence-corrected chi connectivity index (χ2v) is 3.52. The standard InChI is InChI=1S/C9H13NO3/c1-13-9(12)10-6-2-3-7(10)5-8(11)4-6/h2-3,6-8,11H,4-5H2,1H3/t6-,7?,8?/m0/s1. The summed E-state index contributed by atoms with van der Waals surface area (Å²) < 4.78 is 4.67. The summed E-state index contributed by atoms with van der Waals surface area (Å²) in [5, 5.41) is 9.44. The van der Waals surface area contributed by atoms with Crippen LogP contribution in [0, 0.1) is 0 Å². The molecule has 72 valence electrons. The number of hydrogen-bond acceptors (Lipinski definition) is 3. The summed E-state index contributed by atoms with van der Waals surface area (Å²) in [6, 6.07) is 0.0578. The van der Waals surface area contributed by atoms with Gasteiger partial charge in [0.1, 0.15) is 0 Å². The first-order valence-corrected chi connectivity index (χ1v) is 4.45. The van der Waals surface area contributed by atoms with Gasteiger partial charge in [-0.1, -0.05) is 12.2 Å². The normalized spacial score (nSPS) is 36.5. The maximum atomic E-state index is 11.3. The minimum atomic E-state index is -0.299. The van der Waals surface area contributed by atoms with E-state index in [0.717, 1.165) is 0 Å². The van der Waals surface area contributed by atoms with Gasteiger partial charge in [0.25, 0.3) is 0 Å². The molecule has 1 fully saturated rings. The Bertz CT molecular complexity index is 235. The first-order valence-electron chi connectivity index (χ1n) is 4.45. The third-order valence-electron chi connectivity index (χ3n) is 2.68. The van der Waals surface area contributed by atoms with Crippen LogP contribution in [0.3, 0.4) is 0 Å². The molecule has 3 atom stereocenters. The highest BCUT2D eigenvalue weighted by Gasteiger charge is 2.39. The third kappa shape index (κ3) is 1.31. The summed E-state index contributed by atoms with van der Waals surface area (Å²) in [4.78, 5) is 13.0. The number of rotatable bonds is 0. The van der Waals surface area contributed by atoms with Crippen LogP contribution in [0.4, 0.5) is 4.79 Å². The van der Waals surface area contributed by atoms with Gasteiger partial charge in [0.15, 0.2) is 0 Å². The van der Waals surface area contributed by atoms with Crippen LogP contribution >= 0.6 is 0 Å². The average Bonchev–Trinajstić information content (AvgIpc) is 2.37. The molecule has 1 saturated heterocycles. The van der Waals surface area contributed by atoms with E-state index < -0.39 is 0 Å². The van der Waals surface area contributed by atoms with Gasteiger partial charge >= 0.3 is 6.09 Å². The van der Waals surface area contributed by atoms with Crippen LogP contribution in [0.15, 0.2) is 12.2 Å². The Morgan fingerprint density at radius 3 is 2.46 bits per heavy atom. The zero-order valence-electron chi connectivity index (χ0n) is 7.51. The van der Waals surface area contributed by atoms with E-state index >= 15 is 0 Å². The van der Waals surface area contributed by atoms with Crippen molar-refractivity contribution < 1.29 is 14.6 Å². The maximum Gasteiger partial charge on any atom is 0.410 e. The molecule has 0 aromatic heterocycles. The Balaban J connectivity index is 2.13. The monoisotopic (exact) mass is 183 g/mol. The van der Waals surface area contributed by atoms with E-state index in [2.05, 4.69) is 4.74 Å². The number of carbonyl (C=O) groups is 1. The van der Waals surface area contributed by atoms with Gasteiger partial charge in [-0.25, -0.2) is 4.79 Å². The quantitative estimate of drug-likeness (QED) is 0.557. The molecule has 2 aliphatic heterocycles. The van der Waals surface area contributed by atoms with Crippen molar-refractivity contribution in [1.82, 2.24) is 4.90 Å². The van der Waals surface area contributed by atoms with Gasteiger partial charge in [-0.15, -0.1) is 0 Å². The van der Waals surface area contributed by atoms with Gasteiger partial charge < -0.3 is 9.84 Å². The smallest absolute Gasteiger partial charge is 0.410 e. The Kier molecular flexibility index (Phi) is 2.00. The minimum Gasteiger partial charge on any atom is -0.453 e. The molecule has 0 spiro atoms. The Labute approximate surface area is 76.8 Å². The number of nitrogens with zero attached hydrogens (tertiary/aromatic N) is 1. The predicted molar refractivity (Wildman–Crippen MR) is 46.2 cm³/mol. The van der Waals surface area contributed by atoms with Gasteiger partial charge in [-0.05, 0) is 12.8 Å². The van der Waals surface area contributed by atoms with Crippen molar-refractivity contribution in [2.75, 3.05) is 7.11 Å².